The van der Waals surface area contributed by atoms with Crippen LogP contribution in [0.15, 0.2) is 66.9 Å². The lowest BCUT2D eigenvalue weighted by molar-refractivity contribution is -0.124. The van der Waals surface area contributed by atoms with Crippen molar-refractivity contribution in [2.45, 2.75) is 33.4 Å². The summed E-state index contributed by atoms with van der Waals surface area (Å²) < 4.78 is 5.89. The summed E-state index contributed by atoms with van der Waals surface area (Å²) in [5, 5.41) is 0.667. The Morgan fingerprint density at radius 3 is 2.50 bits per heavy atom. The maximum Gasteiger partial charge on any atom is 0.269 e. The van der Waals surface area contributed by atoms with E-state index in [-0.39, 0.29) is 5.91 Å². The van der Waals surface area contributed by atoms with Gasteiger partial charge in [-0.25, -0.2) is 4.98 Å². The van der Waals surface area contributed by atoms with E-state index in [1.165, 1.54) is 5.56 Å². The Hall–Kier alpha value is -2.85. The van der Waals surface area contributed by atoms with Gasteiger partial charge in [0.25, 0.3) is 5.91 Å². The van der Waals surface area contributed by atoms with E-state index in [0.717, 1.165) is 11.1 Å². The van der Waals surface area contributed by atoms with E-state index in [4.69, 9.17) is 16.3 Å². The minimum absolute atomic E-state index is 0.160. The third kappa shape index (κ3) is 4.90. The Labute approximate surface area is 170 Å². The Kier molecular flexibility index (Phi) is 6.32. The number of hydrogen-bond acceptors (Lipinski definition) is 3. The van der Waals surface area contributed by atoms with Crippen LogP contribution in [0, 0.1) is 13.8 Å². The van der Waals surface area contributed by atoms with Crippen LogP contribution in [0.1, 0.15) is 23.6 Å². The summed E-state index contributed by atoms with van der Waals surface area (Å²) in [4.78, 5) is 19.2. The molecule has 1 heterocycles. The number of ether oxygens (including phenoxy) is 1. The SMILES string of the molecule is Cc1ccc(CN(C(=O)C(C)Oc2ccc(Cl)c(C)c2)c2ccccn2)cc1. The molecular formula is C23H23ClN2O2. The average Bonchev–Trinajstić information content (AvgIpc) is 2.70. The molecule has 0 spiro atoms. The summed E-state index contributed by atoms with van der Waals surface area (Å²) in [6.07, 6.45) is 1.01. The summed E-state index contributed by atoms with van der Waals surface area (Å²) in [5.41, 5.74) is 3.11. The Morgan fingerprint density at radius 2 is 1.86 bits per heavy atom. The van der Waals surface area contributed by atoms with E-state index in [2.05, 4.69) is 4.98 Å². The number of anilines is 1. The van der Waals surface area contributed by atoms with Crippen molar-refractivity contribution in [3.63, 3.8) is 0 Å². The van der Waals surface area contributed by atoms with Crippen LogP contribution in [0.25, 0.3) is 0 Å². The highest BCUT2D eigenvalue weighted by molar-refractivity contribution is 6.31. The molecule has 1 atom stereocenters. The second-order valence-electron chi connectivity index (χ2n) is 6.77. The fourth-order valence-corrected chi connectivity index (χ4v) is 2.94. The van der Waals surface area contributed by atoms with Gasteiger partial charge in [0.05, 0.1) is 6.54 Å². The summed E-state index contributed by atoms with van der Waals surface area (Å²) in [6, 6.07) is 19.0. The van der Waals surface area contributed by atoms with Crippen molar-refractivity contribution in [3.8, 4) is 5.75 Å². The normalized spacial score (nSPS) is 11.7. The number of carbonyl (C=O) groups excluding carboxylic acids is 1. The molecule has 1 unspecified atom stereocenters. The summed E-state index contributed by atoms with van der Waals surface area (Å²) >= 11 is 6.07. The first-order valence-electron chi connectivity index (χ1n) is 9.15. The molecule has 28 heavy (non-hydrogen) atoms. The van der Waals surface area contributed by atoms with Crippen LogP contribution < -0.4 is 9.64 Å². The van der Waals surface area contributed by atoms with Gasteiger partial charge in [-0.15, -0.1) is 0 Å². The number of pyridine rings is 1. The van der Waals surface area contributed by atoms with Crippen molar-refractivity contribution in [3.05, 3.63) is 88.6 Å². The molecule has 0 aliphatic heterocycles. The molecule has 1 aromatic heterocycles. The van der Waals surface area contributed by atoms with Crippen molar-refractivity contribution < 1.29 is 9.53 Å². The van der Waals surface area contributed by atoms with Gasteiger partial charge in [0.15, 0.2) is 6.10 Å². The second-order valence-corrected chi connectivity index (χ2v) is 7.18. The minimum atomic E-state index is -0.673. The number of amides is 1. The highest BCUT2D eigenvalue weighted by Crippen LogP contribution is 2.23. The van der Waals surface area contributed by atoms with Crippen LogP contribution >= 0.6 is 11.6 Å². The Morgan fingerprint density at radius 1 is 1.11 bits per heavy atom. The zero-order valence-corrected chi connectivity index (χ0v) is 17.0. The van der Waals surface area contributed by atoms with E-state index in [9.17, 15) is 4.79 Å². The quantitative estimate of drug-likeness (QED) is 0.565. The fourth-order valence-electron chi connectivity index (χ4n) is 2.83. The molecule has 3 aromatic rings. The minimum Gasteiger partial charge on any atom is -0.481 e. The zero-order chi connectivity index (χ0) is 20.1. The average molecular weight is 395 g/mol. The molecule has 0 radical (unpaired) electrons. The largest absolute Gasteiger partial charge is 0.481 e. The molecular weight excluding hydrogens is 372 g/mol. The number of nitrogens with zero attached hydrogens (tertiary/aromatic N) is 2. The first kappa shape index (κ1) is 19.9. The van der Waals surface area contributed by atoms with Crippen LogP contribution in [0.5, 0.6) is 5.75 Å². The fraction of sp³-hybridized carbons (Fsp3) is 0.217. The molecule has 0 bridgehead atoms. The van der Waals surface area contributed by atoms with Crippen LogP contribution in [-0.4, -0.2) is 17.0 Å². The third-order valence-corrected chi connectivity index (χ3v) is 4.87. The van der Waals surface area contributed by atoms with Gasteiger partial charge < -0.3 is 4.74 Å². The lowest BCUT2D eigenvalue weighted by Crippen LogP contribution is -2.40. The molecule has 0 fully saturated rings. The van der Waals surface area contributed by atoms with Gasteiger partial charge >= 0.3 is 0 Å². The number of hydrogen-bond donors (Lipinski definition) is 0. The van der Waals surface area contributed by atoms with Gasteiger partial charge in [0.1, 0.15) is 11.6 Å². The molecule has 0 saturated carbocycles. The lowest BCUT2D eigenvalue weighted by atomic mass is 10.1. The summed E-state index contributed by atoms with van der Waals surface area (Å²) in [5.74, 6) is 1.04. The van der Waals surface area contributed by atoms with E-state index in [1.54, 1.807) is 30.2 Å². The Bertz CT molecular complexity index is 943. The number of aromatic nitrogens is 1. The number of halogens is 1. The van der Waals surface area contributed by atoms with E-state index in [1.807, 2.05) is 62.4 Å². The molecule has 5 heteroatoms. The first-order chi connectivity index (χ1) is 13.4. The van der Waals surface area contributed by atoms with Crippen molar-refractivity contribution in [1.82, 2.24) is 4.98 Å². The zero-order valence-electron chi connectivity index (χ0n) is 16.2. The second kappa shape index (κ2) is 8.89. The monoisotopic (exact) mass is 394 g/mol. The lowest BCUT2D eigenvalue weighted by Gasteiger charge is -2.25. The molecule has 0 aliphatic carbocycles. The highest BCUT2D eigenvalue weighted by atomic mass is 35.5. The van der Waals surface area contributed by atoms with Crippen LogP contribution in [-0.2, 0) is 11.3 Å². The van der Waals surface area contributed by atoms with Gasteiger partial charge in [-0.05, 0) is 62.2 Å². The van der Waals surface area contributed by atoms with Crippen LogP contribution in [0.3, 0.4) is 0 Å². The highest BCUT2D eigenvalue weighted by Gasteiger charge is 2.24. The molecule has 0 N–H and O–H groups in total. The molecule has 2 aromatic carbocycles. The molecule has 144 valence electrons. The molecule has 4 nitrogen and oxygen atoms in total. The van der Waals surface area contributed by atoms with Gasteiger partial charge in [-0.2, -0.15) is 0 Å². The van der Waals surface area contributed by atoms with Crippen LogP contribution in [0.2, 0.25) is 5.02 Å². The predicted octanol–water partition coefficient (Wildman–Crippen LogP) is 5.35. The van der Waals surface area contributed by atoms with Gasteiger partial charge in [0, 0.05) is 11.2 Å². The number of carbonyl (C=O) groups is 1. The van der Waals surface area contributed by atoms with Gasteiger partial charge in [0.2, 0.25) is 0 Å². The number of rotatable bonds is 6. The number of benzene rings is 2. The first-order valence-corrected chi connectivity index (χ1v) is 9.52. The third-order valence-electron chi connectivity index (χ3n) is 4.44. The van der Waals surface area contributed by atoms with E-state index < -0.39 is 6.10 Å². The maximum atomic E-state index is 13.2. The van der Waals surface area contributed by atoms with Crippen LogP contribution in [0.4, 0.5) is 5.82 Å². The topological polar surface area (TPSA) is 42.4 Å². The number of aryl methyl sites for hydroxylation is 2. The predicted molar refractivity (Wildman–Crippen MR) is 113 cm³/mol. The van der Waals surface area contributed by atoms with Crippen molar-refractivity contribution in [2.24, 2.45) is 0 Å². The van der Waals surface area contributed by atoms with Crippen molar-refractivity contribution in [1.29, 1.82) is 0 Å². The van der Waals surface area contributed by atoms with Gasteiger partial charge in [-0.1, -0.05) is 47.5 Å². The summed E-state index contributed by atoms with van der Waals surface area (Å²) in [6.45, 7) is 6.11. The van der Waals surface area contributed by atoms with Gasteiger partial charge in [-0.3, -0.25) is 9.69 Å². The smallest absolute Gasteiger partial charge is 0.269 e. The molecule has 0 aliphatic rings. The molecule has 3 rings (SSSR count). The maximum absolute atomic E-state index is 13.2. The Balaban J connectivity index is 1.82. The standard InChI is InChI=1S/C23H23ClN2O2/c1-16-7-9-19(10-8-16)15-26(22-6-4-5-13-25-22)23(27)18(3)28-20-11-12-21(24)17(2)14-20/h4-14,18H,15H2,1-3H3. The summed E-state index contributed by atoms with van der Waals surface area (Å²) in [7, 11) is 0. The van der Waals surface area contributed by atoms with E-state index in [0.29, 0.717) is 23.1 Å². The van der Waals surface area contributed by atoms with Crippen molar-refractivity contribution >= 4 is 23.3 Å². The van der Waals surface area contributed by atoms with Crippen molar-refractivity contribution in [2.75, 3.05) is 4.90 Å². The molecule has 1 amide bonds. The van der Waals surface area contributed by atoms with E-state index >= 15 is 0 Å². The molecule has 0 saturated heterocycles.